The molecule has 0 radical (unpaired) electrons. The minimum absolute atomic E-state index is 0.112. The van der Waals surface area contributed by atoms with Crippen molar-refractivity contribution in [1.82, 2.24) is 10.3 Å². The first-order valence-corrected chi connectivity index (χ1v) is 6.19. The highest BCUT2D eigenvalue weighted by Gasteiger charge is 2.28. The van der Waals surface area contributed by atoms with E-state index in [1.165, 1.54) is 0 Å². The number of Topliss-reactive ketones (excluding diaryl/α,β-unsaturated/α-hetero) is 1. The minimum Gasteiger partial charge on any atom is -0.305 e. The van der Waals surface area contributed by atoms with Gasteiger partial charge in [0.25, 0.3) is 0 Å². The fraction of sp³-hybridized carbons (Fsp3) is 0.333. The van der Waals surface area contributed by atoms with Crippen LogP contribution in [-0.4, -0.2) is 22.9 Å². The van der Waals surface area contributed by atoms with E-state index in [2.05, 4.69) is 10.3 Å². The van der Waals surface area contributed by atoms with Crippen molar-refractivity contribution in [2.75, 3.05) is 6.54 Å². The van der Waals surface area contributed by atoms with Gasteiger partial charge in [-0.3, -0.25) is 9.78 Å². The molecule has 0 amide bonds. The van der Waals surface area contributed by atoms with E-state index in [9.17, 15) is 4.79 Å². The van der Waals surface area contributed by atoms with Gasteiger partial charge in [-0.1, -0.05) is 25.1 Å². The van der Waals surface area contributed by atoms with Crippen LogP contribution in [0.3, 0.4) is 0 Å². The largest absolute Gasteiger partial charge is 0.305 e. The number of carbonyl (C=O) groups is 1. The number of aromatic nitrogens is 1. The van der Waals surface area contributed by atoms with Crippen LogP contribution in [0.4, 0.5) is 0 Å². The summed E-state index contributed by atoms with van der Waals surface area (Å²) in [7, 11) is 0. The van der Waals surface area contributed by atoms with Crippen LogP contribution in [0.1, 0.15) is 31.1 Å². The number of hydrogen-bond acceptors (Lipinski definition) is 3. The first-order valence-electron chi connectivity index (χ1n) is 6.19. The molecule has 0 bridgehead atoms. The minimum atomic E-state index is -0.549. The summed E-state index contributed by atoms with van der Waals surface area (Å²) >= 11 is 0. The topological polar surface area (TPSA) is 42.0 Å². The van der Waals surface area contributed by atoms with E-state index >= 15 is 0 Å². The third-order valence-corrected chi connectivity index (χ3v) is 3.11. The van der Waals surface area contributed by atoms with Crippen molar-refractivity contribution in [3.8, 4) is 0 Å². The highest BCUT2D eigenvalue weighted by molar-refractivity contribution is 6.11. The van der Waals surface area contributed by atoms with Crippen molar-refractivity contribution in [3.05, 3.63) is 42.2 Å². The summed E-state index contributed by atoms with van der Waals surface area (Å²) in [4.78, 5) is 16.7. The molecule has 2 rings (SSSR count). The fourth-order valence-corrected chi connectivity index (χ4v) is 2.18. The zero-order chi connectivity index (χ0) is 13.2. The molecule has 1 aromatic heterocycles. The summed E-state index contributed by atoms with van der Waals surface area (Å²) in [5, 5.41) is 5.18. The molecule has 1 aromatic carbocycles. The Morgan fingerprint density at radius 3 is 2.83 bits per heavy atom. The number of ketones is 1. The first-order chi connectivity index (χ1) is 8.56. The van der Waals surface area contributed by atoms with Crippen molar-refractivity contribution in [3.63, 3.8) is 0 Å². The second kappa shape index (κ2) is 4.86. The predicted octanol–water partition coefficient (Wildman–Crippen LogP) is 2.81. The number of benzene rings is 1. The average Bonchev–Trinajstić information content (AvgIpc) is 2.37. The highest BCUT2D eigenvalue weighted by atomic mass is 16.1. The molecular weight excluding hydrogens is 224 g/mol. The molecule has 18 heavy (non-hydrogen) atoms. The second-order valence-corrected chi connectivity index (χ2v) is 4.89. The summed E-state index contributed by atoms with van der Waals surface area (Å²) in [6, 6.07) is 7.65. The fourth-order valence-electron chi connectivity index (χ4n) is 2.18. The van der Waals surface area contributed by atoms with Crippen LogP contribution in [0.15, 0.2) is 36.7 Å². The van der Waals surface area contributed by atoms with Crippen molar-refractivity contribution >= 4 is 16.6 Å². The van der Waals surface area contributed by atoms with E-state index < -0.39 is 5.54 Å². The number of rotatable bonds is 4. The van der Waals surface area contributed by atoms with E-state index in [0.29, 0.717) is 0 Å². The van der Waals surface area contributed by atoms with Gasteiger partial charge in [-0.05, 0) is 31.8 Å². The standard InChI is InChI=1S/C15H18N2O/c1-4-17-15(2,3)14(18)13-7-5-6-11-10-16-9-8-12(11)13/h5-10,17H,4H2,1-3H3. The smallest absolute Gasteiger partial charge is 0.182 e. The summed E-state index contributed by atoms with van der Waals surface area (Å²) in [6.07, 6.45) is 3.51. The molecule has 94 valence electrons. The van der Waals surface area contributed by atoms with Crippen molar-refractivity contribution in [2.24, 2.45) is 0 Å². The van der Waals surface area contributed by atoms with Crippen molar-refractivity contribution in [1.29, 1.82) is 0 Å². The molecule has 0 aliphatic heterocycles. The Morgan fingerprint density at radius 2 is 2.11 bits per heavy atom. The van der Waals surface area contributed by atoms with Gasteiger partial charge in [0.2, 0.25) is 0 Å². The third kappa shape index (κ3) is 2.27. The Bertz CT molecular complexity index is 570. The second-order valence-electron chi connectivity index (χ2n) is 4.89. The van der Waals surface area contributed by atoms with Crippen molar-refractivity contribution in [2.45, 2.75) is 26.3 Å². The molecule has 2 aromatic rings. The lowest BCUT2D eigenvalue weighted by Crippen LogP contribution is -2.46. The summed E-state index contributed by atoms with van der Waals surface area (Å²) in [5.74, 6) is 0.112. The summed E-state index contributed by atoms with van der Waals surface area (Å²) in [5.41, 5.74) is 0.201. The molecule has 0 saturated heterocycles. The SMILES string of the molecule is CCNC(C)(C)C(=O)c1cccc2cnccc12. The predicted molar refractivity (Wildman–Crippen MR) is 73.8 cm³/mol. The molecule has 3 heteroatoms. The Hall–Kier alpha value is -1.74. The number of hydrogen-bond donors (Lipinski definition) is 1. The Labute approximate surface area is 107 Å². The molecule has 3 nitrogen and oxygen atoms in total. The molecule has 0 aliphatic carbocycles. The number of likely N-dealkylation sites (N-methyl/N-ethyl adjacent to an activating group) is 1. The first kappa shape index (κ1) is 12.7. The molecule has 0 unspecified atom stereocenters. The maximum atomic E-state index is 12.6. The molecule has 0 atom stereocenters. The molecule has 0 aliphatic rings. The molecular formula is C15H18N2O. The maximum absolute atomic E-state index is 12.6. The van der Waals surface area contributed by atoms with Crippen LogP contribution in [0.5, 0.6) is 0 Å². The lowest BCUT2D eigenvalue weighted by molar-refractivity contribution is 0.0886. The summed E-state index contributed by atoms with van der Waals surface area (Å²) < 4.78 is 0. The third-order valence-electron chi connectivity index (χ3n) is 3.11. The van der Waals surface area contributed by atoms with E-state index in [1.807, 2.05) is 45.0 Å². The van der Waals surface area contributed by atoms with E-state index in [0.717, 1.165) is 22.9 Å². The zero-order valence-electron chi connectivity index (χ0n) is 11.0. The number of fused-ring (bicyclic) bond motifs is 1. The van der Waals surface area contributed by atoms with E-state index in [1.54, 1.807) is 12.4 Å². The van der Waals surface area contributed by atoms with Gasteiger partial charge in [0.05, 0.1) is 5.54 Å². The van der Waals surface area contributed by atoms with E-state index in [4.69, 9.17) is 0 Å². The molecule has 0 saturated carbocycles. The van der Waals surface area contributed by atoms with Gasteiger partial charge in [-0.25, -0.2) is 0 Å². The molecule has 1 N–H and O–H groups in total. The lowest BCUT2D eigenvalue weighted by Gasteiger charge is -2.24. The van der Waals surface area contributed by atoms with Gasteiger partial charge in [0.15, 0.2) is 5.78 Å². The van der Waals surface area contributed by atoms with Gasteiger partial charge in [0.1, 0.15) is 0 Å². The van der Waals surface area contributed by atoms with E-state index in [-0.39, 0.29) is 5.78 Å². The van der Waals surface area contributed by atoms with Gasteiger partial charge in [-0.15, -0.1) is 0 Å². The lowest BCUT2D eigenvalue weighted by atomic mass is 9.90. The van der Waals surface area contributed by atoms with Crippen LogP contribution in [0.25, 0.3) is 10.8 Å². The quantitative estimate of drug-likeness (QED) is 0.838. The number of pyridine rings is 1. The molecule has 0 fully saturated rings. The number of carbonyl (C=O) groups excluding carboxylic acids is 1. The van der Waals surface area contributed by atoms with Gasteiger partial charge < -0.3 is 5.32 Å². The molecule has 1 heterocycles. The van der Waals surface area contributed by atoms with Crippen LogP contribution in [0.2, 0.25) is 0 Å². The highest BCUT2D eigenvalue weighted by Crippen LogP contribution is 2.22. The maximum Gasteiger partial charge on any atom is 0.182 e. The van der Waals surface area contributed by atoms with Crippen LogP contribution < -0.4 is 5.32 Å². The van der Waals surface area contributed by atoms with Crippen LogP contribution in [-0.2, 0) is 0 Å². The van der Waals surface area contributed by atoms with Crippen molar-refractivity contribution < 1.29 is 4.79 Å². The normalized spacial score (nSPS) is 11.7. The van der Waals surface area contributed by atoms with Crippen LogP contribution >= 0.6 is 0 Å². The summed E-state index contributed by atoms with van der Waals surface area (Å²) in [6.45, 7) is 6.60. The van der Waals surface area contributed by atoms with Gasteiger partial charge >= 0.3 is 0 Å². The number of nitrogens with one attached hydrogen (secondary N) is 1. The van der Waals surface area contributed by atoms with Gasteiger partial charge in [-0.2, -0.15) is 0 Å². The Kier molecular flexibility index (Phi) is 3.43. The zero-order valence-corrected chi connectivity index (χ0v) is 11.0. The van der Waals surface area contributed by atoms with Gasteiger partial charge in [0, 0.05) is 23.3 Å². The Morgan fingerprint density at radius 1 is 1.33 bits per heavy atom. The average molecular weight is 242 g/mol. The Balaban J connectivity index is 2.51. The van der Waals surface area contributed by atoms with Crippen LogP contribution in [0, 0.1) is 0 Å². The number of nitrogens with zero attached hydrogens (tertiary/aromatic N) is 1. The molecule has 0 spiro atoms. The monoisotopic (exact) mass is 242 g/mol.